The van der Waals surface area contributed by atoms with Crippen molar-refractivity contribution in [3.05, 3.63) is 42.5 Å². The van der Waals surface area contributed by atoms with Crippen molar-refractivity contribution in [2.75, 3.05) is 35.6 Å². The summed E-state index contributed by atoms with van der Waals surface area (Å²) in [5.74, 6) is 1.20. The van der Waals surface area contributed by atoms with Gasteiger partial charge in [-0.2, -0.15) is 0 Å². The number of hydrogen-bond donors (Lipinski definition) is 1. The van der Waals surface area contributed by atoms with E-state index in [0.717, 1.165) is 6.26 Å². The van der Waals surface area contributed by atoms with E-state index in [1.54, 1.807) is 42.5 Å². The van der Waals surface area contributed by atoms with E-state index >= 15 is 0 Å². The van der Waals surface area contributed by atoms with Crippen molar-refractivity contribution in [3.8, 4) is 17.2 Å². The van der Waals surface area contributed by atoms with Gasteiger partial charge in [-0.3, -0.25) is 9.10 Å². The van der Waals surface area contributed by atoms with Crippen LogP contribution in [-0.4, -0.2) is 46.4 Å². The molecule has 2 aliphatic heterocycles. The monoisotopic (exact) mass is 404 g/mol. The van der Waals surface area contributed by atoms with Gasteiger partial charge in [-0.1, -0.05) is 12.1 Å². The van der Waals surface area contributed by atoms with Crippen LogP contribution in [0.15, 0.2) is 42.5 Å². The van der Waals surface area contributed by atoms with E-state index in [0.29, 0.717) is 41.8 Å². The number of fused-ring (bicyclic) bond motifs is 2. The zero-order valence-corrected chi connectivity index (χ0v) is 16.1. The summed E-state index contributed by atoms with van der Waals surface area (Å²) in [6, 6.07) is 11.9. The number of carbonyl (C=O) groups is 1. The Bertz CT molecular complexity index is 1010. The van der Waals surface area contributed by atoms with Gasteiger partial charge in [0.15, 0.2) is 17.6 Å². The Balaban J connectivity index is 1.54. The Morgan fingerprint density at radius 2 is 1.82 bits per heavy atom. The second kappa shape index (κ2) is 7.23. The third-order valence-corrected chi connectivity index (χ3v) is 5.68. The second-order valence-electron chi connectivity index (χ2n) is 6.55. The van der Waals surface area contributed by atoms with Crippen molar-refractivity contribution < 1.29 is 27.4 Å². The van der Waals surface area contributed by atoms with Gasteiger partial charge in [-0.15, -0.1) is 0 Å². The van der Waals surface area contributed by atoms with Crippen LogP contribution in [0.2, 0.25) is 0 Å². The number of carbonyl (C=O) groups excluding carboxylic acids is 1. The van der Waals surface area contributed by atoms with Crippen LogP contribution in [-0.2, 0) is 14.8 Å². The first kappa shape index (κ1) is 18.4. The summed E-state index contributed by atoms with van der Waals surface area (Å²) < 4.78 is 42.4. The molecule has 0 aromatic heterocycles. The maximum atomic E-state index is 12.8. The number of ether oxygens (including phenoxy) is 3. The highest BCUT2D eigenvalue weighted by molar-refractivity contribution is 7.92. The predicted octanol–water partition coefficient (Wildman–Crippen LogP) is 2.01. The molecule has 4 rings (SSSR count). The molecule has 0 radical (unpaired) electrons. The van der Waals surface area contributed by atoms with E-state index in [9.17, 15) is 13.2 Å². The number of nitrogens with one attached hydrogen (secondary N) is 1. The van der Waals surface area contributed by atoms with E-state index in [1.807, 2.05) is 0 Å². The highest BCUT2D eigenvalue weighted by Crippen LogP contribution is 2.35. The molecule has 2 heterocycles. The standard InChI is InChI=1S/C19H20N2O6S/c1-28(23,24)21-9-8-17(27-15-5-3-2-4-14(15)21)19(22)20-13-6-7-16-18(12-13)26-11-10-25-16/h2-7,12,17H,8-11H2,1H3,(H,20,22)/t17-/m1/s1. The van der Waals surface area contributed by atoms with Crippen molar-refractivity contribution in [1.82, 2.24) is 0 Å². The van der Waals surface area contributed by atoms with Gasteiger partial charge in [0.25, 0.3) is 5.91 Å². The maximum Gasteiger partial charge on any atom is 0.265 e. The van der Waals surface area contributed by atoms with Gasteiger partial charge in [0.1, 0.15) is 19.0 Å². The van der Waals surface area contributed by atoms with E-state index < -0.39 is 16.1 Å². The van der Waals surface area contributed by atoms with E-state index in [2.05, 4.69) is 5.32 Å². The maximum absolute atomic E-state index is 12.8. The Morgan fingerprint density at radius 3 is 2.61 bits per heavy atom. The van der Waals surface area contributed by atoms with Crippen molar-refractivity contribution in [2.24, 2.45) is 0 Å². The number of benzene rings is 2. The summed E-state index contributed by atoms with van der Waals surface area (Å²) in [6.45, 7) is 1.09. The summed E-state index contributed by atoms with van der Waals surface area (Å²) in [5.41, 5.74) is 0.981. The SMILES string of the molecule is CS(=O)(=O)N1CC[C@H](C(=O)Nc2ccc3c(c2)OCCO3)Oc2ccccc21. The van der Waals surface area contributed by atoms with Crippen molar-refractivity contribution >= 4 is 27.3 Å². The fourth-order valence-electron chi connectivity index (χ4n) is 3.20. The first-order chi connectivity index (χ1) is 13.4. The molecular weight excluding hydrogens is 384 g/mol. The highest BCUT2D eigenvalue weighted by Gasteiger charge is 2.31. The van der Waals surface area contributed by atoms with E-state index in [-0.39, 0.29) is 18.9 Å². The van der Waals surface area contributed by atoms with Crippen molar-refractivity contribution in [3.63, 3.8) is 0 Å². The van der Waals surface area contributed by atoms with Crippen LogP contribution in [0.1, 0.15) is 6.42 Å². The molecule has 148 valence electrons. The topological polar surface area (TPSA) is 94.2 Å². The molecule has 0 spiro atoms. The number of anilines is 2. The third-order valence-electron chi connectivity index (χ3n) is 4.50. The largest absolute Gasteiger partial charge is 0.486 e. The lowest BCUT2D eigenvalue weighted by molar-refractivity contribution is -0.122. The zero-order chi connectivity index (χ0) is 19.7. The molecule has 0 bridgehead atoms. The molecule has 0 saturated heterocycles. The minimum absolute atomic E-state index is 0.148. The lowest BCUT2D eigenvalue weighted by atomic mass is 10.2. The average molecular weight is 404 g/mol. The molecule has 2 aromatic rings. The molecule has 9 heteroatoms. The molecule has 0 fully saturated rings. The summed E-state index contributed by atoms with van der Waals surface area (Å²) >= 11 is 0. The quantitative estimate of drug-likeness (QED) is 0.841. The Morgan fingerprint density at radius 1 is 1.07 bits per heavy atom. The number of amides is 1. The van der Waals surface area contributed by atoms with Gasteiger partial charge in [-0.05, 0) is 24.3 Å². The summed E-state index contributed by atoms with van der Waals surface area (Å²) in [5, 5.41) is 2.81. The predicted molar refractivity (Wildman–Crippen MR) is 104 cm³/mol. The smallest absolute Gasteiger partial charge is 0.265 e. The van der Waals surface area contributed by atoms with Gasteiger partial charge in [0.05, 0.1) is 11.9 Å². The molecule has 1 amide bonds. The van der Waals surface area contributed by atoms with E-state index in [4.69, 9.17) is 14.2 Å². The molecule has 0 unspecified atom stereocenters. The molecule has 1 atom stereocenters. The lowest BCUT2D eigenvalue weighted by Crippen LogP contribution is -2.36. The fourth-order valence-corrected chi connectivity index (χ4v) is 4.15. The Kier molecular flexibility index (Phi) is 4.76. The first-order valence-electron chi connectivity index (χ1n) is 8.86. The molecular formula is C19H20N2O6S. The van der Waals surface area contributed by atoms with Crippen LogP contribution in [0, 0.1) is 0 Å². The van der Waals surface area contributed by atoms with Crippen LogP contribution < -0.4 is 23.8 Å². The Hall–Kier alpha value is -2.94. The zero-order valence-electron chi connectivity index (χ0n) is 15.3. The van der Waals surface area contributed by atoms with E-state index in [1.165, 1.54) is 4.31 Å². The summed E-state index contributed by atoms with van der Waals surface area (Å²) in [7, 11) is -3.49. The number of rotatable bonds is 3. The van der Waals surface area contributed by atoms with Crippen molar-refractivity contribution in [1.29, 1.82) is 0 Å². The van der Waals surface area contributed by atoms with Crippen LogP contribution in [0.25, 0.3) is 0 Å². The normalized spacial score (nSPS) is 18.5. The van der Waals surface area contributed by atoms with Crippen LogP contribution in [0.3, 0.4) is 0 Å². The number of sulfonamides is 1. The number of para-hydroxylation sites is 2. The van der Waals surface area contributed by atoms with Crippen LogP contribution in [0.5, 0.6) is 17.2 Å². The van der Waals surface area contributed by atoms with Gasteiger partial charge < -0.3 is 19.5 Å². The molecule has 1 N–H and O–H groups in total. The fraction of sp³-hybridized carbons (Fsp3) is 0.316. The van der Waals surface area contributed by atoms with Gasteiger partial charge in [0.2, 0.25) is 10.0 Å². The second-order valence-corrected chi connectivity index (χ2v) is 8.45. The lowest BCUT2D eigenvalue weighted by Gasteiger charge is -2.20. The van der Waals surface area contributed by atoms with Gasteiger partial charge in [-0.25, -0.2) is 8.42 Å². The summed E-state index contributed by atoms with van der Waals surface area (Å²) in [4.78, 5) is 12.8. The molecule has 0 saturated carbocycles. The van der Waals surface area contributed by atoms with Crippen molar-refractivity contribution in [2.45, 2.75) is 12.5 Å². The molecule has 28 heavy (non-hydrogen) atoms. The van der Waals surface area contributed by atoms with Crippen LogP contribution in [0.4, 0.5) is 11.4 Å². The molecule has 2 aliphatic rings. The number of nitrogens with zero attached hydrogens (tertiary/aromatic N) is 1. The minimum Gasteiger partial charge on any atom is -0.486 e. The minimum atomic E-state index is -3.49. The molecule has 0 aliphatic carbocycles. The molecule has 8 nitrogen and oxygen atoms in total. The van der Waals surface area contributed by atoms with Crippen LogP contribution >= 0.6 is 0 Å². The number of hydrogen-bond acceptors (Lipinski definition) is 6. The van der Waals surface area contributed by atoms with Gasteiger partial charge >= 0.3 is 0 Å². The summed E-state index contributed by atoms with van der Waals surface area (Å²) in [6.07, 6.45) is 0.526. The first-order valence-corrected chi connectivity index (χ1v) is 10.7. The Labute approximate surface area is 163 Å². The highest BCUT2D eigenvalue weighted by atomic mass is 32.2. The third kappa shape index (κ3) is 3.70. The van der Waals surface area contributed by atoms with Gasteiger partial charge in [0, 0.05) is 24.7 Å². The average Bonchev–Trinajstić information content (AvgIpc) is 2.87. The molecule has 2 aromatic carbocycles.